The van der Waals surface area contributed by atoms with Crippen LogP contribution in [0.1, 0.15) is 21.1 Å². The van der Waals surface area contributed by atoms with Crippen LogP contribution in [0.5, 0.6) is 0 Å². The number of benzene rings is 1. The first-order valence-corrected chi connectivity index (χ1v) is 5.83. The Morgan fingerprint density at radius 1 is 1.33 bits per heavy atom. The Kier molecular flexibility index (Phi) is 3.21. The molecule has 0 amide bonds. The van der Waals surface area contributed by atoms with Crippen molar-refractivity contribution in [3.63, 3.8) is 0 Å². The van der Waals surface area contributed by atoms with Crippen molar-refractivity contribution in [3.8, 4) is 10.4 Å². The SMILES string of the molecule is Cc1nc(C=O)c(-c2cccc(C(F)(F)F)c2)s1. The summed E-state index contributed by atoms with van der Waals surface area (Å²) >= 11 is 1.20. The summed E-state index contributed by atoms with van der Waals surface area (Å²) in [5.74, 6) is 0. The summed E-state index contributed by atoms with van der Waals surface area (Å²) in [4.78, 5) is 15.3. The molecule has 2 nitrogen and oxygen atoms in total. The van der Waals surface area contributed by atoms with Crippen molar-refractivity contribution in [2.24, 2.45) is 0 Å². The fourth-order valence-electron chi connectivity index (χ4n) is 1.57. The Bertz CT molecular complexity index is 589. The predicted octanol–water partition coefficient (Wildman–Crippen LogP) is 3.95. The monoisotopic (exact) mass is 271 g/mol. The normalized spacial score (nSPS) is 11.6. The molecule has 0 bridgehead atoms. The molecule has 0 saturated heterocycles. The maximum Gasteiger partial charge on any atom is 0.416 e. The number of aromatic nitrogens is 1. The molecule has 0 spiro atoms. The van der Waals surface area contributed by atoms with E-state index in [2.05, 4.69) is 4.98 Å². The van der Waals surface area contributed by atoms with E-state index in [1.807, 2.05) is 0 Å². The van der Waals surface area contributed by atoms with Gasteiger partial charge in [0.25, 0.3) is 0 Å². The van der Waals surface area contributed by atoms with Crippen LogP contribution in [0.3, 0.4) is 0 Å². The van der Waals surface area contributed by atoms with Crippen molar-refractivity contribution in [1.82, 2.24) is 4.98 Å². The third-order valence-corrected chi connectivity index (χ3v) is 3.36. The first-order chi connectivity index (χ1) is 8.41. The van der Waals surface area contributed by atoms with Crippen LogP contribution in [-0.2, 0) is 6.18 Å². The van der Waals surface area contributed by atoms with Gasteiger partial charge >= 0.3 is 6.18 Å². The number of alkyl halides is 3. The van der Waals surface area contributed by atoms with Gasteiger partial charge in [-0.2, -0.15) is 13.2 Å². The lowest BCUT2D eigenvalue weighted by molar-refractivity contribution is -0.137. The van der Waals surface area contributed by atoms with Gasteiger partial charge in [0.15, 0.2) is 6.29 Å². The summed E-state index contributed by atoms with van der Waals surface area (Å²) < 4.78 is 37.8. The molecular weight excluding hydrogens is 263 g/mol. The molecule has 0 fully saturated rings. The van der Waals surface area contributed by atoms with Gasteiger partial charge in [-0.05, 0) is 24.6 Å². The Morgan fingerprint density at radius 2 is 2.06 bits per heavy atom. The van der Waals surface area contributed by atoms with E-state index in [1.165, 1.54) is 23.5 Å². The number of aldehydes is 1. The molecule has 6 heteroatoms. The third kappa shape index (κ3) is 2.43. The Balaban J connectivity index is 2.54. The van der Waals surface area contributed by atoms with Gasteiger partial charge in [-0.15, -0.1) is 11.3 Å². The van der Waals surface area contributed by atoms with Crippen molar-refractivity contribution in [1.29, 1.82) is 0 Å². The smallest absolute Gasteiger partial charge is 0.296 e. The molecular formula is C12H8F3NOS. The van der Waals surface area contributed by atoms with E-state index in [-0.39, 0.29) is 5.69 Å². The highest BCUT2D eigenvalue weighted by Gasteiger charge is 2.30. The third-order valence-electron chi connectivity index (χ3n) is 2.32. The van der Waals surface area contributed by atoms with Crippen LogP contribution in [0.4, 0.5) is 13.2 Å². The lowest BCUT2D eigenvalue weighted by Crippen LogP contribution is -2.04. The molecule has 0 radical (unpaired) electrons. The molecule has 1 aromatic carbocycles. The number of halogens is 3. The number of nitrogens with zero attached hydrogens (tertiary/aromatic N) is 1. The molecule has 94 valence electrons. The summed E-state index contributed by atoms with van der Waals surface area (Å²) in [6.45, 7) is 1.70. The maximum atomic E-state index is 12.6. The van der Waals surface area contributed by atoms with Gasteiger partial charge in [-0.1, -0.05) is 12.1 Å². The van der Waals surface area contributed by atoms with Gasteiger partial charge < -0.3 is 0 Å². The van der Waals surface area contributed by atoms with Gasteiger partial charge in [0.1, 0.15) is 5.69 Å². The molecule has 0 atom stereocenters. The molecule has 0 aliphatic carbocycles. The van der Waals surface area contributed by atoms with Gasteiger partial charge in [0, 0.05) is 0 Å². The Hall–Kier alpha value is -1.69. The second-order valence-electron chi connectivity index (χ2n) is 3.64. The zero-order valence-electron chi connectivity index (χ0n) is 9.28. The van der Waals surface area contributed by atoms with Crippen LogP contribution in [0.25, 0.3) is 10.4 Å². The standard InChI is InChI=1S/C12H8F3NOS/c1-7-16-10(6-17)11(18-7)8-3-2-4-9(5-8)12(13,14)15/h2-6H,1H3. The van der Waals surface area contributed by atoms with Gasteiger partial charge in [-0.25, -0.2) is 4.98 Å². The molecule has 0 saturated carbocycles. The second kappa shape index (κ2) is 4.53. The Morgan fingerprint density at radius 3 is 2.67 bits per heavy atom. The quantitative estimate of drug-likeness (QED) is 0.774. The minimum Gasteiger partial charge on any atom is -0.296 e. The summed E-state index contributed by atoms with van der Waals surface area (Å²) in [6, 6.07) is 4.88. The summed E-state index contributed by atoms with van der Waals surface area (Å²) in [5.41, 5.74) is -0.197. The molecule has 0 N–H and O–H groups in total. The van der Waals surface area contributed by atoms with Crippen LogP contribution in [0.2, 0.25) is 0 Å². The lowest BCUT2D eigenvalue weighted by Gasteiger charge is -2.07. The van der Waals surface area contributed by atoms with Gasteiger partial charge in [0.2, 0.25) is 0 Å². The van der Waals surface area contributed by atoms with Crippen molar-refractivity contribution in [2.45, 2.75) is 13.1 Å². The highest BCUT2D eigenvalue weighted by Crippen LogP contribution is 2.34. The number of rotatable bonds is 2. The van der Waals surface area contributed by atoms with Crippen molar-refractivity contribution >= 4 is 17.6 Å². The topological polar surface area (TPSA) is 30.0 Å². The maximum absolute atomic E-state index is 12.6. The second-order valence-corrected chi connectivity index (χ2v) is 4.85. The van der Waals surface area contributed by atoms with Crippen molar-refractivity contribution in [2.75, 3.05) is 0 Å². The fourth-order valence-corrected chi connectivity index (χ4v) is 2.45. The predicted molar refractivity (Wildman–Crippen MR) is 62.7 cm³/mol. The lowest BCUT2D eigenvalue weighted by atomic mass is 10.1. The van der Waals surface area contributed by atoms with Crippen LogP contribution in [-0.4, -0.2) is 11.3 Å². The molecule has 0 unspecified atom stereocenters. The number of carbonyl (C=O) groups is 1. The molecule has 2 aromatic rings. The number of hydrogen-bond acceptors (Lipinski definition) is 3. The highest BCUT2D eigenvalue weighted by atomic mass is 32.1. The van der Waals surface area contributed by atoms with E-state index in [0.29, 0.717) is 21.7 Å². The van der Waals surface area contributed by atoms with E-state index < -0.39 is 11.7 Å². The highest BCUT2D eigenvalue weighted by molar-refractivity contribution is 7.15. The van der Waals surface area contributed by atoms with Crippen LogP contribution < -0.4 is 0 Å². The number of aryl methyl sites for hydroxylation is 1. The molecule has 18 heavy (non-hydrogen) atoms. The largest absolute Gasteiger partial charge is 0.416 e. The number of carbonyl (C=O) groups excluding carboxylic acids is 1. The van der Waals surface area contributed by atoms with E-state index in [4.69, 9.17) is 0 Å². The average Bonchev–Trinajstić information content (AvgIpc) is 2.69. The van der Waals surface area contributed by atoms with Crippen molar-refractivity contribution in [3.05, 3.63) is 40.5 Å². The van der Waals surface area contributed by atoms with Crippen LogP contribution in [0, 0.1) is 6.92 Å². The zero-order valence-corrected chi connectivity index (χ0v) is 10.1. The number of hydrogen-bond donors (Lipinski definition) is 0. The van der Waals surface area contributed by atoms with E-state index >= 15 is 0 Å². The van der Waals surface area contributed by atoms with E-state index in [9.17, 15) is 18.0 Å². The zero-order chi connectivity index (χ0) is 13.3. The molecule has 1 aromatic heterocycles. The van der Waals surface area contributed by atoms with Crippen molar-refractivity contribution < 1.29 is 18.0 Å². The van der Waals surface area contributed by atoms with E-state index in [1.54, 1.807) is 6.92 Å². The van der Waals surface area contributed by atoms with Gasteiger partial charge in [-0.3, -0.25) is 4.79 Å². The van der Waals surface area contributed by atoms with Crippen LogP contribution >= 0.6 is 11.3 Å². The minimum absolute atomic E-state index is 0.178. The Labute approximate surface area is 105 Å². The summed E-state index contributed by atoms with van der Waals surface area (Å²) in [7, 11) is 0. The average molecular weight is 271 g/mol. The van der Waals surface area contributed by atoms with Gasteiger partial charge in [0.05, 0.1) is 15.4 Å². The first-order valence-electron chi connectivity index (χ1n) is 5.02. The minimum atomic E-state index is -4.39. The number of thiazole rings is 1. The first kappa shape index (κ1) is 12.8. The fraction of sp³-hybridized carbons (Fsp3) is 0.167. The molecule has 0 aliphatic heterocycles. The molecule has 0 aliphatic rings. The molecule has 2 rings (SSSR count). The summed E-state index contributed by atoms with van der Waals surface area (Å²) in [6.07, 6.45) is -3.84. The van der Waals surface area contributed by atoms with Crippen LogP contribution in [0.15, 0.2) is 24.3 Å². The summed E-state index contributed by atoms with van der Waals surface area (Å²) in [5, 5.41) is 0.643. The van der Waals surface area contributed by atoms with E-state index in [0.717, 1.165) is 12.1 Å². The molecule has 1 heterocycles.